The number of hydrogen-bond donors (Lipinski definition) is 1. The standard InChI is InChI=1S/C15H32N4O.HI/c1-7-20-13-8-10-19(11-9-13)14(16-4)17-12-15(2,3)18(5)6;/h13H,7-12H2,1-6H3,(H,16,17);1H. The van der Waals surface area contributed by atoms with Crippen LogP contribution in [-0.4, -0.2) is 74.8 Å². The van der Waals surface area contributed by atoms with Crippen molar-refractivity contribution in [2.24, 2.45) is 4.99 Å². The van der Waals surface area contributed by atoms with Crippen LogP contribution in [0.5, 0.6) is 0 Å². The Labute approximate surface area is 147 Å². The van der Waals surface area contributed by atoms with Crippen LogP contribution in [-0.2, 0) is 4.74 Å². The molecule has 5 nitrogen and oxygen atoms in total. The molecule has 1 aliphatic heterocycles. The minimum Gasteiger partial charge on any atom is -0.378 e. The van der Waals surface area contributed by atoms with E-state index in [2.05, 4.69) is 55.0 Å². The summed E-state index contributed by atoms with van der Waals surface area (Å²) in [5.41, 5.74) is 0.111. The molecule has 0 bridgehead atoms. The zero-order chi connectivity index (χ0) is 15.2. The molecule has 0 saturated carbocycles. The van der Waals surface area contributed by atoms with Gasteiger partial charge in [0.05, 0.1) is 6.10 Å². The summed E-state index contributed by atoms with van der Waals surface area (Å²) in [5.74, 6) is 1.01. The van der Waals surface area contributed by atoms with E-state index in [0.29, 0.717) is 6.10 Å². The fourth-order valence-corrected chi connectivity index (χ4v) is 2.26. The molecule has 0 amide bonds. The van der Waals surface area contributed by atoms with Crippen molar-refractivity contribution in [3.63, 3.8) is 0 Å². The fourth-order valence-electron chi connectivity index (χ4n) is 2.26. The number of likely N-dealkylation sites (N-methyl/N-ethyl adjacent to an activating group) is 1. The van der Waals surface area contributed by atoms with Crippen LogP contribution in [0.25, 0.3) is 0 Å². The van der Waals surface area contributed by atoms with Crippen molar-refractivity contribution in [2.45, 2.75) is 45.3 Å². The molecule has 21 heavy (non-hydrogen) atoms. The van der Waals surface area contributed by atoms with E-state index < -0.39 is 0 Å². The fraction of sp³-hybridized carbons (Fsp3) is 0.933. The quantitative estimate of drug-likeness (QED) is 0.426. The van der Waals surface area contributed by atoms with E-state index in [1.165, 1.54) is 0 Å². The third-order valence-electron chi connectivity index (χ3n) is 4.25. The second-order valence-corrected chi connectivity index (χ2v) is 6.25. The largest absolute Gasteiger partial charge is 0.378 e. The Morgan fingerprint density at radius 2 is 1.90 bits per heavy atom. The molecule has 0 aromatic heterocycles. The van der Waals surface area contributed by atoms with Gasteiger partial charge in [-0.25, -0.2) is 0 Å². The SMILES string of the molecule is CCOC1CCN(C(=NC)NCC(C)(C)N(C)C)CC1.I. The van der Waals surface area contributed by atoms with Crippen LogP contribution in [0.4, 0.5) is 0 Å². The summed E-state index contributed by atoms with van der Waals surface area (Å²) in [4.78, 5) is 8.98. The van der Waals surface area contributed by atoms with Gasteiger partial charge in [-0.3, -0.25) is 4.99 Å². The lowest BCUT2D eigenvalue weighted by Gasteiger charge is -2.37. The molecule has 0 unspecified atom stereocenters. The average molecular weight is 412 g/mol. The first-order valence-corrected chi connectivity index (χ1v) is 7.65. The summed E-state index contributed by atoms with van der Waals surface area (Å²) < 4.78 is 5.70. The van der Waals surface area contributed by atoms with E-state index in [9.17, 15) is 0 Å². The second kappa shape index (κ2) is 9.84. The Kier molecular flexibility index (Phi) is 9.80. The van der Waals surface area contributed by atoms with Crippen LogP contribution < -0.4 is 5.32 Å². The number of ether oxygens (including phenoxy) is 1. The van der Waals surface area contributed by atoms with Gasteiger partial charge in [0.2, 0.25) is 0 Å². The summed E-state index contributed by atoms with van der Waals surface area (Å²) in [6.45, 7) is 10.3. The Hall–Kier alpha value is -0.0800. The highest BCUT2D eigenvalue weighted by molar-refractivity contribution is 14.0. The summed E-state index contributed by atoms with van der Waals surface area (Å²) in [6.07, 6.45) is 2.60. The number of aliphatic imine (C=N–C) groups is 1. The van der Waals surface area contributed by atoms with Gasteiger partial charge in [-0.15, -0.1) is 24.0 Å². The number of nitrogens with one attached hydrogen (secondary N) is 1. The number of guanidine groups is 1. The minimum absolute atomic E-state index is 0. The van der Waals surface area contributed by atoms with Gasteiger partial charge in [0.1, 0.15) is 0 Å². The Balaban J connectivity index is 0.00000400. The molecule has 6 heteroatoms. The van der Waals surface area contributed by atoms with Gasteiger partial charge in [0.15, 0.2) is 5.96 Å². The Morgan fingerprint density at radius 1 is 1.33 bits per heavy atom. The van der Waals surface area contributed by atoms with Crippen molar-refractivity contribution < 1.29 is 4.74 Å². The van der Waals surface area contributed by atoms with E-state index in [4.69, 9.17) is 4.74 Å². The van der Waals surface area contributed by atoms with Gasteiger partial charge in [0.25, 0.3) is 0 Å². The molecule has 0 atom stereocenters. The molecule has 1 rings (SSSR count). The van der Waals surface area contributed by atoms with Gasteiger partial charge < -0.3 is 19.9 Å². The topological polar surface area (TPSA) is 40.1 Å². The molecule has 1 aliphatic rings. The molecule has 1 fully saturated rings. The van der Waals surface area contributed by atoms with E-state index >= 15 is 0 Å². The lowest BCUT2D eigenvalue weighted by atomic mass is 10.0. The number of piperidine rings is 1. The first kappa shape index (κ1) is 20.9. The van der Waals surface area contributed by atoms with Crippen molar-refractivity contribution in [1.29, 1.82) is 0 Å². The van der Waals surface area contributed by atoms with Crippen LogP contribution in [0, 0.1) is 0 Å². The first-order chi connectivity index (χ1) is 9.40. The average Bonchev–Trinajstić information content (AvgIpc) is 2.41. The molecule has 1 saturated heterocycles. The van der Waals surface area contributed by atoms with Crippen molar-refractivity contribution in [2.75, 3.05) is 47.4 Å². The summed E-state index contributed by atoms with van der Waals surface area (Å²) >= 11 is 0. The maximum absolute atomic E-state index is 5.70. The number of rotatable bonds is 5. The lowest BCUT2D eigenvalue weighted by Crippen LogP contribution is -2.53. The van der Waals surface area contributed by atoms with Gasteiger partial charge in [-0.1, -0.05) is 0 Å². The zero-order valence-electron chi connectivity index (χ0n) is 14.5. The number of halogens is 1. The predicted molar refractivity (Wildman–Crippen MR) is 101 cm³/mol. The maximum atomic E-state index is 5.70. The second-order valence-electron chi connectivity index (χ2n) is 6.25. The molecule has 0 spiro atoms. The number of likely N-dealkylation sites (tertiary alicyclic amines) is 1. The van der Waals surface area contributed by atoms with E-state index in [0.717, 1.165) is 45.0 Å². The van der Waals surface area contributed by atoms with Crippen LogP contribution in [0.3, 0.4) is 0 Å². The highest BCUT2D eigenvalue weighted by Crippen LogP contribution is 2.14. The smallest absolute Gasteiger partial charge is 0.193 e. The summed E-state index contributed by atoms with van der Waals surface area (Å²) in [5, 5.41) is 3.50. The molecule has 1 N–H and O–H groups in total. The molecular formula is C15H33IN4O. The van der Waals surface area contributed by atoms with Crippen molar-refractivity contribution in [3.8, 4) is 0 Å². The highest BCUT2D eigenvalue weighted by atomic mass is 127. The molecule has 126 valence electrons. The van der Waals surface area contributed by atoms with Crippen LogP contribution in [0.2, 0.25) is 0 Å². The van der Waals surface area contributed by atoms with Gasteiger partial charge in [0, 0.05) is 38.8 Å². The zero-order valence-corrected chi connectivity index (χ0v) is 16.8. The lowest BCUT2D eigenvalue weighted by molar-refractivity contribution is 0.0262. The van der Waals surface area contributed by atoms with E-state index in [1.54, 1.807) is 0 Å². The minimum atomic E-state index is 0. The Morgan fingerprint density at radius 3 is 2.33 bits per heavy atom. The summed E-state index contributed by atoms with van der Waals surface area (Å²) in [6, 6.07) is 0. The van der Waals surface area contributed by atoms with Crippen molar-refractivity contribution in [1.82, 2.24) is 15.1 Å². The van der Waals surface area contributed by atoms with E-state index in [-0.39, 0.29) is 29.5 Å². The molecule has 1 heterocycles. The maximum Gasteiger partial charge on any atom is 0.193 e. The van der Waals surface area contributed by atoms with Crippen molar-refractivity contribution >= 4 is 29.9 Å². The molecule has 0 aliphatic carbocycles. The molecule has 0 aromatic rings. The normalized spacial score (nSPS) is 17.9. The van der Waals surface area contributed by atoms with Crippen molar-refractivity contribution in [3.05, 3.63) is 0 Å². The number of nitrogens with zero attached hydrogens (tertiary/aromatic N) is 3. The molecule has 0 aromatic carbocycles. The summed E-state index contributed by atoms with van der Waals surface area (Å²) in [7, 11) is 6.08. The van der Waals surface area contributed by atoms with Gasteiger partial charge in [-0.05, 0) is 47.7 Å². The third-order valence-corrected chi connectivity index (χ3v) is 4.25. The molecular weight excluding hydrogens is 379 g/mol. The van der Waals surface area contributed by atoms with Crippen LogP contribution >= 0.6 is 24.0 Å². The van der Waals surface area contributed by atoms with Crippen LogP contribution in [0.1, 0.15) is 33.6 Å². The highest BCUT2D eigenvalue weighted by Gasteiger charge is 2.24. The van der Waals surface area contributed by atoms with Crippen LogP contribution in [0.15, 0.2) is 4.99 Å². The Bertz CT molecular complexity index is 313. The third kappa shape index (κ3) is 6.69. The monoisotopic (exact) mass is 412 g/mol. The predicted octanol–water partition coefficient (Wildman–Crippen LogP) is 2.02. The van der Waals surface area contributed by atoms with Gasteiger partial charge >= 0.3 is 0 Å². The van der Waals surface area contributed by atoms with E-state index in [1.807, 2.05) is 7.05 Å². The van der Waals surface area contributed by atoms with Gasteiger partial charge in [-0.2, -0.15) is 0 Å². The number of hydrogen-bond acceptors (Lipinski definition) is 3. The molecule has 0 radical (unpaired) electrons. The first-order valence-electron chi connectivity index (χ1n) is 7.65.